The summed E-state index contributed by atoms with van der Waals surface area (Å²) in [6.45, 7) is 6.67. The number of rotatable bonds is 7. The van der Waals surface area contributed by atoms with Crippen molar-refractivity contribution in [2.24, 2.45) is 0 Å². The van der Waals surface area contributed by atoms with Crippen molar-refractivity contribution in [1.82, 2.24) is 4.90 Å². The number of aliphatic hydroxyl groups is 1. The lowest BCUT2D eigenvalue weighted by atomic mass is 9.94. The minimum atomic E-state index is -0.673. The highest BCUT2D eigenvalue weighted by molar-refractivity contribution is 6.46. The number of ether oxygens (including phenoxy) is 2. The van der Waals surface area contributed by atoms with E-state index in [0.29, 0.717) is 36.6 Å². The standard InChI is InChI=1S/C24H27NO5/c1-5-13-25-21(16-7-10-18(11-8-16)30-6-2)20(23(27)24(25)28)22(26)17-9-12-19(29-4)15(3)14-17/h7-12,14,21,26H,5-6,13H2,1-4H3/b22-20-. The highest BCUT2D eigenvalue weighted by Crippen LogP contribution is 2.40. The minimum absolute atomic E-state index is 0.0992. The van der Waals surface area contributed by atoms with Gasteiger partial charge in [0.05, 0.1) is 25.3 Å². The van der Waals surface area contributed by atoms with Gasteiger partial charge >= 0.3 is 0 Å². The first-order valence-electron chi connectivity index (χ1n) is 10.1. The Morgan fingerprint density at radius 2 is 1.80 bits per heavy atom. The van der Waals surface area contributed by atoms with E-state index in [9.17, 15) is 14.7 Å². The quantitative estimate of drug-likeness (QED) is 0.421. The molecule has 1 unspecified atom stereocenters. The Bertz CT molecular complexity index is 978. The molecule has 1 heterocycles. The second kappa shape index (κ2) is 9.03. The summed E-state index contributed by atoms with van der Waals surface area (Å²) < 4.78 is 10.8. The lowest BCUT2D eigenvalue weighted by Gasteiger charge is -2.25. The van der Waals surface area contributed by atoms with Gasteiger partial charge in [0, 0.05) is 12.1 Å². The summed E-state index contributed by atoms with van der Waals surface area (Å²) in [5.41, 5.74) is 2.14. The van der Waals surface area contributed by atoms with Crippen LogP contribution in [0.2, 0.25) is 0 Å². The summed E-state index contributed by atoms with van der Waals surface area (Å²) in [6.07, 6.45) is 0.697. The first kappa shape index (κ1) is 21.4. The van der Waals surface area contributed by atoms with Gasteiger partial charge < -0.3 is 19.5 Å². The Kier molecular flexibility index (Phi) is 6.45. The monoisotopic (exact) mass is 409 g/mol. The van der Waals surface area contributed by atoms with Gasteiger partial charge in [0.15, 0.2) is 0 Å². The van der Waals surface area contributed by atoms with Crippen LogP contribution in [0.1, 0.15) is 43.0 Å². The smallest absolute Gasteiger partial charge is 0.295 e. The van der Waals surface area contributed by atoms with Crippen molar-refractivity contribution in [3.05, 3.63) is 64.7 Å². The average molecular weight is 409 g/mol. The van der Waals surface area contributed by atoms with Crippen LogP contribution < -0.4 is 9.47 Å². The third kappa shape index (κ3) is 3.90. The van der Waals surface area contributed by atoms with Crippen LogP contribution in [0.3, 0.4) is 0 Å². The fourth-order valence-electron chi connectivity index (χ4n) is 3.79. The zero-order chi connectivity index (χ0) is 21.8. The summed E-state index contributed by atoms with van der Waals surface area (Å²) in [5, 5.41) is 11.1. The molecular formula is C24H27NO5. The molecular weight excluding hydrogens is 382 g/mol. The van der Waals surface area contributed by atoms with Crippen molar-refractivity contribution in [1.29, 1.82) is 0 Å². The second-order valence-electron chi connectivity index (χ2n) is 7.18. The van der Waals surface area contributed by atoms with E-state index in [1.807, 2.05) is 45.0 Å². The Labute approximate surface area is 176 Å². The number of nitrogens with zero attached hydrogens (tertiary/aromatic N) is 1. The number of methoxy groups -OCH3 is 1. The van der Waals surface area contributed by atoms with Crippen LogP contribution >= 0.6 is 0 Å². The number of aryl methyl sites for hydroxylation is 1. The Hall–Kier alpha value is -3.28. The van der Waals surface area contributed by atoms with Gasteiger partial charge in [-0.3, -0.25) is 9.59 Å². The molecule has 1 aliphatic heterocycles. The molecule has 6 nitrogen and oxygen atoms in total. The van der Waals surface area contributed by atoms with Crippen LogP contribution in [0.4, 0.5) is 0 Å². The first-order valence-corrected chi connectivity index (χ1v) is 10.1. The maximum absolute atomic E-state index is 12.9. The van der Waals surface area contributed by atoms with E-state index in [1.165, 1.54) is 4.90 Å². The number of benzene rings is 2. The van der Waals surface area contributed by atoms with Gasteiger partial charge in [-0.05, 0) is 61.7 Å². The molecule has 0 spiro atoms. The molecule has 1 saturated heterocycles. The van der Waals surface area contributed by atoms with E-state index in [2.05, 4.69) is 0 Å². The van der Waals surface area contributed by atoms with Crippen LogP contribution in [0.15, 0.2) is 48.0 Å². The fraction of sp³-hybridized carbons (Fsp3) is 0.333. The van der Waals surface area contributed by atoms with Gasteiger partial charge in [0.2, 0.25) is 0 Å². The zero-order valence-electron chi connectivity index (χ0n) is 17.8. The molecule has 2 aromatic carbocycles. The Morgan fingerprint density at radius 3 is 2.37 bits per heavy atom. The van der Waals surface area contributed by atoms with Gasteiger partial charge in [0.1, 0.15) is 17.3 Å². The number of hydrogen-bond acceptors (Lipinski definition) is 5. The van der Waals surface area contributed by atoms with Crippen LogP contribution in [0, 0.1) is 6.92 Å². The molecule has 1 amide bonds. The highest BCUT2D eigenvalue weighted by Gasteiger charge is 2.45. The lowest BCUT2D eigenvalue weighted by molar-refractivity contribution is -0.139. The number of ketones is 1. The fourth-order valence-corrected chi connectivity index (χ4v) is 3.79. The predicted octanol–water partition coefficient (Wildman–Crippen LogP) is 4.23. The largest absolute Gasteiger partial charge is 0.507 e. The summed E-state index contributed by atoms with van der Waals surface area (Å²) >= 11 is 0. The molecule has 0 aromatic heterocycles. The van der Waals surface area contributed by atoms with Gasteiger partial charge in [-0.25, -0.2) is 0 Å². The number of carbonyl (C=O) groups excluding carboxylic acids is 2. The molecule has 0 saturated carbocycles. The number of amides is 1. The third-order valence-electron chi connectivity index (χ3n) is 5.18. The van der Waals surface area contributed by atoms with Crippen molar-refractivity contribution < 1.29 is 24.2 Å². The molecule has 0 bridgehead atoms. The van der Waals surface area contributed by atoms with Crippen LogP contribution in [0.25, 0.3) is 5.76 Å². The summed E-state index contributed by atoms with van der Waals surface area (Å²) in [5.74, 6) is -0.0621. The summed E-state index contributed by atoms with van der Waals surface area (Å²) in [7, 11) is 1.57. The normalized spacial score (nSPS) is 18.0. The number of carbonyl (C=O) groups is 2. The molecule has 30 heavy (non-hydrogen) atoms. The van der Waals surface area contributed by atoms with Crippen LogP contribution in [-0.2, 0) is 9.59 Å². The number of aliphatic hydroxyl groups excluding tert-OH is 1. The molecule has 1 aliphatic rings. The molecule has 2 aromatic rings. The SMILES string of the molecule is CCCN1C(=O)C(=O)/C(=C(\O)c2ccc(OC)c(C)c2)C1c1ccc(OCC)cc1. The Morgan fingerprint density at radius 1 is 1.10 bits per heavy atom. The van der Waals surface area contributed by atoms with Gasteiger partial charge in [-0.2, -0.15) is 0 Å². The van der Waals surface area contributed by atoms with E-state index < -0.39 is 17.7 Å². The second-order valence-corrected chi connectivity index (χ2v) is 7.18. The molecule has 3 rings (SSSR count). The maximum atomic E-state index is 12.9. The number of likely N-dealkylation sites (tertiary alicyclic amines) is 1. The van der Waals surface area contributed by atoms with Crippen molar-refractivity contribution in [3.63, 3.8) is 0 Å². The molecule has 0 radical (unpaired) electrons. The van der Waals surface area contributed by atoms with Crippen LogP contribution in [-0.4, -0.2) is 42.0 Å². The first-order chi connectivity index (χ1) is 14.4. The Balaban J connectivity index is 2.13. The van der Waals surface area contributed by atoms with E-state index >= 15 is 0 Å². The highest BCUT2D eigenvalue weighted by atomic mass is 16.5. The third-order valence-corrected chi connectivity index (χ3v) is 5.18. The number of hydrogen-bond donors (Lipinski definition) is 1. The van der Waals surface area contributed by atoms with Crippen LogP contribution in [0.5, 0.6) is 11.5 Å². The van der Waals surface area contributed by atoms with Gasteiger partial charge in [-0.15, -0.1) is 0 Å². The molecule has 0 aliphatic carbocycles. The van der Waals surface area contributed by atoms with E-state index in [-0.39, 0.29) is 11.3 Å². The summed E-state index contributed by atoms with van der Waals surface area (Å²) in [4.78, 5) is 27.2. The van der Waals surface area contributed by atoms with Gasteiger partial charge in [-0.1, -0.05) is 19.1 Å². The number of Topliss-reactive ketones (excluding diaryl/α,β-unsaturated/α-hetero) is 1. The van der Waals surface area contributed by atoms with Gasteiger partial charge in [0.25, 0.3) is 11.7 Å². The zero-order valence-corrected chi connectivity index (χ0v) is 17.8. The average Bonchev–Trinajstić information content (AvgIpc) is 2.99. The van der Waals surface area contributed by atoms with E-state index in [4.69, 9.17) is 9.47 Å². The topological polar surface area (TPSA) is 76.1 Å². The lowest BCUT2D eigenvalue weighted by Crippen LogP contribution is -2.30. The van der Waals surface area contributed by atoms with E-state index in [0.717, 1.165) is 11.1 Å². The molecule has 158 valence electrons. The predicted molar refractivity (Wildman–Crippen MR) is 115 cm³/mol. The maximum Gasteiger partial charge on any atom is 0.295 e. The molecule has 1 atom stereocenters. The van der Waals surface area contributed by atoms with Crippen molar-refractivity contribution in [2.45, 2.75) is 33.2 Å². The molecule has 6 heteroatoms. The van der Waals surface area contributed by atoms with Crippen molar-refractivity contribution in [2.75, 3.05) is 20.3 Å². The minimum Gasteiger partial charge on any atom is -0.507 e. The molecule has 1 N–H and O–H groups in total. The van der Waals surface area contributed by atoms with Crippen molar-refractivity contribution in [3.8, 4) is 11.5 Å². The summed E-state index contributed by atoms with van der Waals surface area (Å²) in [6, 6.07) is 11.8. The van der Waals surface area contributed by atoms with Crippen molar-refractivity contribution >= 4 is 17.4 Å². The molecule has 1 fully saturated rings. The van der Waals surface area contributed by atoms with E-state index in [1.54, 1.807) is 25.3 Å².